The molecule has 0 aliphatic carbocycles. The molecule has 2 aliphatic rings. The average molecular weight is 319 g/mol. The van der Waals surface area contributed by atoms with E-state index in [1.807, 2.05) is 37.3 Å². The van der Waals surface area contributed by atoms with Gasteiger partial charge in [0.25, 0.3) is 0 Å². The highest BCUT2D eigenvalue weighted by Crippen LogP contribution is 2.36. The maximum Gasteiger partial charge on any atom is 0.410 e. The van der Waals surface area contributed by atoms with Crippen LogP contribution in [0.25, 0.3) is 0 Å². The van der Waals surface area contributed by atoms with Gasteiger partial charge in [-0.1, -0.05) is 30.3 Å². The standard InChI is InChI=1S/C18H25NO4/c1-18(21)9-11-22-13-15(18)16-8-5-10-19(16)17(20)23-12-14-6-3-2-4-7-14/h2-4,6-7,15-16,21H,5,8-13H2,1H3. The highest BCUT2D eigenvalue weighted by Gasteiger charge is 2.45. The lowest BCUT2D eigenvalue weighted by atomic mass is 9.79. The lowest BCUT2D eigenvalue weighted by Crippen LogP contribution is -2.53. The predicted octanol–water partition coefficient (Wildman–Crippen LogP) is 2.58. The maximum atomic E-state index is 12.5. The van der Waals surface area contributed by atoms with Crippen molar-refractivity contribution in [3.8, 4) is 0 Å². The molecule has 1 N–H and O–H groups in total. The van der Waals surface area contributed by atoms with Gasteiger partial charge in [0.15, 0.2) is 0 Å². The Bertz CT molecular complexity index is 531. The second-order valence-corrected chi connectivity index (χ2v) is 6.73. The van der Waals surface area contributed by atoms with Crippen molar-refractivity contribution in [1.82, 2.24) is 4.90 Å². The van der Waals surface area contributed by atoms with E-state index < -0.39 is 5.60 Å². The van der Waals surface area contributed by atoms with Gasteiger partial charge in [-0.25, -0.2) is 4.79 Å². The second kappa shape index (κ2) is 6.89. The van der Waals surface area contributed by atoms with Gasteiger partial charge in [0.2, 0.25) is 0 Å². The number of likely N-dealkylation sites (tertiary alicyclic amines) is 1. The van der Waals surface area contributed by atoms with Crippen molar-refractivity contribution >= 4 is 6.09 Å². The van der Waals surface area contributed by atoms with Crippen LogP contribution in [0.2, 0.25) is 0 Å². The lowest BCUT2D eigenvalue weighted by Gasteiger charge is -2.42. The van der Waals surface area contributed by atoms with Crippen molar-refractivity contribution in [3.05, 3.63) is 35.9 Å². The Morgan fingerprint density at radius 2 is 2.22 bits per heavy atom. The first-order chi connectivity index (χ1) is 11.1. The highest BCUT2D eigenvalue weighted by atomic mass is 16.6. The summed E-state index contributed by atoms with van der Waals surface area (Å²) in [6, 6.07) is 9.67. The Kier molecular flexibility index (Phi) is 4.87. The molecule has 1 aromatic rings. The van der Waals surface area contributed by atoms with Crippen LogP contribution in [0.5, 0.6) is 0 Å². The molecular formula is C18H25NO4. The van der Waals surface area contributed by atoms with Gasteiger partial charge in [-0.05, 0) is 31.7 Å². The zero-order valence-electron chi connectivity index (χ0n) is 13.6. The molecule has 23 heavy (non-hydrogen) atoms. The Labute approximate surface area is 137 Å². The van der Waals surface area contributed by atoms with Crippen molar-refractivity contribution < 1.29 is 19.4 Å². The average Bonchev–Trinajstić information content (AvgIpc) is 3.02. The lowest BCUT2D eigenvalue weighted by molar-refractivity contribution is -0.120. The van der Waals surface area contributed by atoms with Crippen LogP contribution in [0.4, 0.5) is 4.79 Å². The number of hydrogen-bond donors (Lipinski definition) is 1. The van der Waals surface area contributed by atoms with Crippen LogP contribution < -0.4 is 0 Å². The summed E-state index contributed by atoms with van der Waals surface area (Å²) in [4.78, 5) is 14.2. The fraction of sp³-hybridized carbons (Fsp3) is 0.611. The number of carbonyl (C=O) groups is 1. The van der Waals surface area contributed by atoms with Crippen LogP contribution >= 0.6 is 0 Å². The van der Waals surface area contributed by atoms with Crippen LogP contribution in [0, 0.1) is 5.92 Å². The topological polar surface area (TPSA) is 59.0 Å². The normalized spacial score (nSPS) is 31.1. The van der Waals surface area contributed by atoms with E-state index in [2.05, 4.69) is 0 Å². The summed E-state index contributed by atoms with van der Waals surface area (Å²) < 4.78 is 11.0. The summed E-state index contributed by atoms with van der Waals surface area (Å²) in [6.07, 6.45) is 2.15. The molecule has 1 aromatic carbocycles. The van der Waals surface area contributed by atoms with E-state index in [1.54, 1.807) is 4.90 Å². The molecule has 0 radical (unpaired) electrons. The molecule has 0 spiro atoms. The first kappa shape index (κ1) is 16.3. The fourth-order valence-corrected chi connectivity index (χ4v) is 3.62. The van der Waals surface area contributed by atoms with Gasteiger partial charge in [0.1, 0.15) is 6.61 Å². The van der Waals surface area contributed by atoms with Crippen molar-refractivity contribution in [2.75, 3.05) is 19.8 Å². The molecule has 2 saturated heterocycles. The highest BCUT2D eigenvalue weighted by molar-refractivity contribution is 5.68. The molecule has 2 fully saturated rings. The summed E-state index contributed by atoms with van der Waals surface area (Å²) in [5, 5.41) is 10.6. The van der Waals surface area contributed by atoms with Gasteiger partial charge >= 0.3 is 6.09 Å². The van der Waals surface area contributed by atoms with Gasteiger partial charge in [0, 0.05) is 25.1 Å². The van der Waals surface area contributed by atoms with Gasteiger partial charge in [-0.3, -0.25) is 0 Å². The van der Waals surface area contributed by atoms with Crippen molar-refractivity contribution in [1.29, 1.82) is 0 Å². The zero-order valence-corrected chi connectivity index (χ0v) is 13.6. The van der Waals surface area contributed by atoms with Crippen LogP contribution in [0.3, 0.4) is 0 Å². The molecule has 2 heterocycles. The number of nitrogens with zero attached hydrogens (tertiary/aromatic N) is 1. The van der Waals surface area contributed by atoms with Gasteiger partial charge in [-0.15, -0.1) is 0 Å². The van der Waals surface area contributed by atoms with Crippen LogP contribution in [0.1, 0.15) is 31.7 Å². The van der Waals surface area contributed by atoms with E-state index in [1.165, 1.54) is 0 Å². The first-order valence-corrected chi connectivity index (χ1v) is 8.35. The number of rotatable bonds is 3. The van der Waals surface area contributed by atoms with Crippen LogP contribution in [-0.2, 0) is 16.1 Å². The van der Waals surface area contributed by atoms with Gasteiger partial charge < -0.3 is 19.5 Å². The van der Waals surface area contributed by atoms with Crippen molar-refractivity contribution in [3.63, 3.8) is 0 Å². The Morgan fingerprint density at radius 1 is 1.43 bits per heavy atom. The minimum atomic E-state index is -0.786. The summed E-state index contributed by atoms with van der Waals surface area (Å²) >= 11 is 0. The number of benzene rings is 1. The van der Waals surface area contributed by atoms with E-state index in [0.717, 1.165) is 18.4 Å². The monoisotopic (exact) mass is 319 g/mol. The third kappa shape index (κ3) is 3.67. The van der Waals surface area contributed by atoms with E-state index in [0.29, 0.717) is 26.2 Å². The SMILES string of the molecule is CC1(O)CCOCC1C1CCCN1C(=O)OCc1ccccc1. The Balaban J connectivity index is 1.63. The van der Waals surface area contributed by atoms with Crippen molar-refractivity contribution in [2.24, 2.45) is 5.92 Å². The van der Waals surface area contributed by atoms with E-state index in [9.17, 15) is 9.90 Å². The molecule has 0 bridgehead atoms. The molecule has 0 aromatic heterocycles. The largest absolute Gasteiger partial charge is 0.445 e. The molecular weight excluding hydrogens is 294 g/mol. The molecule has 3 unspecified atom stereocenters. The second-order valence-electron chi connectivity index (χ2n) is 6.73. The minimum absolute atomic E-state index is 0.00595. The van der Waals surface area contributed by atoms with E-state index in [4.69, 9.17) is 9.47 Å². The summed E-state index contributed by atoms with van der Waals surface area (Å²) in [6.45, 7) is 3.89. The molecule has 0 saturated carbocycles. The third-order valence-corrected chi connectivity index (χ3v) is 5.05. The van der Waals surface area contributed by atoms with Gasteiger partial charge in [0.05, 0.1) is 12.2 Å². The summed E-state index contributed by atoms with van der Waals surface area (Å²) in [7, 11) is 0. The predicted molar refractivity (Wildman–Crippen MR) is 85.9 cm³/mol. The summed E-state index contributed by atoms with van der Waals surface area (Å²) in [5.41, 5.74) is 0.190. The molecule has 3 rings (SSSR count). The smallest absolute Gasteiger partial charge is 0.410 e. The number of hydrogen-bond acceptors (Lipinski definition) is 4. The quantitative estimate of drug-likeness (QED) is 0.930. The molecule has 126 valence electrons. The van der Waals surface area contributed by atoms with E-state index in [-0.39, 0.29) is 24.7 Å². The number of aliphatic hydroxyl groups is 1. The molecule has 1 amide bonds. The minimum Gasteiger partial charge on any atom is -0.445 e. The van der Waals surface area contributed by atoms with Gasteiger partial charge in [-0.2, -0.15) is 0 Å². The molecule has 2 aliphatic heterocycles. The zero-order chi connectivity index (χ0) is 16.3. The van der Waals surface area contributed by atoms with Crippen LogP contribution in [-0.4, -0.2) is 47.5 Å². The number of amides is 1. The molecule has 3 atom stereocenters. The maximum absolute atomic E-state index is 12.5. The van der Waals surface area contributed by atoms with Crippen LogP contribution in [0.15, 0.2) is 30.3 Å². The molecule has 5 heteroatoms. The fourth-order valence-electron chi connectivity index (χ4n) is 3.62. The summed E-state index contributed by atoms with van der Waals surface area (Å²) in [5.74, 6) is -0.0528. The Hall–Kier alpha value is -1.59. The van der Waals surface area contributed by atoms with E-state index >= 15 is 0 Å². The number of carbonyl (C=O) groups excluding carboxylic acids is 1. The third-order valence-electron chi connectivity index (χ3n) is 5.05. The number of ether oxygens (including phenoxy) is 2. The first-order valence-electron chi connectivity index (χ1n) is 8.35. The Morgan fingerprint density at radius 3 is 2.96 bits per heavy atom. The molecule has 5 nitrogen and oxygen atoms in total. The van der Waals surface area contributed by atoms with Crippen molar-refractivity contribution in [2.45, 2.75) is 44.4 Å².